The standard InChI is InChI=1S/C56H56N3O.Pt/c1-35(2)27-41-33-46(23-24-47(41)39-15-12-11-13-16-39)59-51-18-14-17-48(52(51)58-54(59)49-29-36(3)28-37(4)53(49)60)42-30-43(32-45(31-42)56(8,9)10)50-34-40(25-26-57-50)38-19-21-44(22-20-38)55(5,6)7;/h11-26,28-29,31-35,60H,27H2,1-10H3;/q-1;/i5D3,6D3,7D3,19D,20D,21D,22D;. The van der Waals surface area contributed by atoms with Crippen LogP contribution in [0.4, 0.5) is 0 Å². The van der Waals surface area contributed by atoms with Gasteiger partial charge in [-0.2, -0.15) is 0 Å². The number of fused-ring (bicyclic) bond motifs is 1. The molecule has 4 nitrogen and oxygen atoms in total. The zero-order valence-electron chi connectivity index (χ0n) is 48.3. The number of benzene rings is 6. The van der Waals surface area contributed by atoms with Crippen LogP contribution < -0.4 is 0 Å². The van der Waals surface area contributed by atoms with Crippen molar-refractivity contribution < 1.29 is 44.0 Å². The minimum absolute atomic E-state index is 0. The number of imidazole rings is 1. The summed E-state index contributed by atoms with van der Waals surface area (Å²) in [5.74, 6) is 1.01. The molecule has 0 bridgehead atoms. The maximum Gasteiger partial charge on any atom is 0.148 e. The molecule has 0 spiro atoms. The van der Waals surface area contributed by atoms with Gasteiger partial charge in [0.1, 0.15) is 11.6 Å². The Kier molecular flexibility index (Phi) is 8.29. The van der Waals surface area contributed by atoms with Gasteiger partial charge in [0.25, 0.3) is 0 Å². The molecule has 0 unspecified atom stereocenters. The number of rotatable bonds is 8. The van der Waals surface area contributed by atoms with Crippen LogP contribution in [0.15, 0.2) is 133 Å². The van der Waals surface area contributed by atoms with E-state index in [0.717, 1.165) is 51.0 Å². The minimum atomic E-state index is -3.80. The number of hydrogen-bond donors (Lipinski definition) is 1. The van der Waals surface area contributed by atoms with Crippen molar-refractivity contribution in [3.63, 3.8) is 0 Å². The van der Waals surface area contributed by atoms with Crippen molar-refractivity contribution >= 4 is 11.0 Å². The van der Waals surface area contributed by atoms with Crippen molar-refractivity contribution in [3.05, 3.63) is 167 Å². The molecule has 0 aliphatic heterocycles. The van der Waals surface area contributed by atoms with Gasteiger partial charge < -0.3 is 5.11 Å². The average molecular weight is 995 g/mol. The molecule has 8 aromatic rings. The molecule has 0 aliphatic rings. The second-order valence-corrected chi connectivity index (χ2v) is 17.1. The summed E-state index contributed by atoms with van der Waals surface area (Å²) in [6, 6.07) is 33.2. The van der Waals surface area contributed by atoms with Crippen LogP contribution in [0.3, 0.4) is 0 Å². The number of aromatic hydroxyl groups is 1. The van der Waals surface area contributed by atoms with E-state index in [1.165, 1.54) is 12.3 Å². The molecule has 0 saturated heterocycles. The zero-order chi connectivity index (χ0) is 53.5. The molecule has 0 amide bonds. The van der Waals surface area contributed by atoms with E-state index < -0.39 is 61.1 Å². The first-order valence-corrected chi connectivity index (χ1v) is 20.1. The third kappa shape index (κ3) is 8.93. The van der Waals surface area contributed by atoms with E-state index >= 15 is 0 Å². The van der Waals surface area contributed by atoms with Gasteiger partial charge in [0, 0.05) is 51.0 Å². The molecule has 2 heterocycles. The van der Waals surface area contributed by atoms with Crippen molar-refractivity contribution in [2.75, 3.05) is 0 Å². The number of aromatic nitrogens is 3. The normalized spacial score (nSPS) is 15.6. The summed E-state index contributed by atoms with van der Waals surface area (Å²) in [7, 11) is 0. The summed E-state index contributed by atoms with van der Waals surface area (Å²) in [6.07, 6.45) is 2.24. The van der Waals surface area contributed by atoms with Crippen LogP contribution in [0.25, 0.3) is 72.7 Å². The van der Waals surface area contributed by atoms with Gasteiger partial charge in [-0.1, -0.05) is 151 Å². The summed E-state index contributed by atoms with van der Waals surface area (Å²) in [6.45, 7) is 3.02. The van der Waals surface area contributed by atoms with E-state index in [1.54, 1.807) is 6.07 Å². The van der Waals surface area contributed by atoms with E-state index in [2.05, 4.69) is 80.6 Å². The maximum atomic E-state index is 11.7. The largest absolute Gasteiger partial charge is 0.507 e. The molecule has 1 N–H and O–H groups in total. The van der Waals surface area contributed by atoms with Crippen molar-refractivity contribution in [3.8, 4) is 67.5 Å². The van der Waals surface area contributed by atoms with Crippen LogP contribution >= 0.6 is 0 Å². The van der Waals surface area contributed by atoms with Gasteiger partial charge in [-0.3, -0.25) is 9.55 Å². The van der Waals surface area contributed by atoms with Gasteiger partial charge in [-0.05, 0) is 112 Å². The van der Waals surface area contributed by atoms with E-state index in [-0.39, 0.29) is 37.9 Å². The first-order chi connectivity index (χ1) is 34.0. The first-order valence-electron chi connectivity index (χ1n) is 26.6. The van der Waals surface area contributed by atoms with Crippen molar-refractivity contribution in [1.82, 2.24) is 14.5 Å². The van der Waals surface area contributed by atoms with Crippen LogP contribution in [0.2, 0.25) is 0 Å². The van der Waals surface area contributed by atoms with Crippen molar-refractivity contribution in [1.29, 1.82) is 0 Å². The summed E-state index contributed by atoms with van der Waals surface area (Å²) in [5.41, 5.74) is 5.40. The van der Waals surface area contributed by atoms with Crippen LogP contribution in [-0.2, 0) is 38.3 Å². The van der Waals surface area contributed by atoms with Gasteiger partial charge in [0.2, 0.25) is 0 Å². The van der Waals surface area contributed by atoms with E-state index in [1.807, 2.05) is 74.5 Å². The maximum absolute atomic E-state index is 11.7. The number of phenols is 1. The Labute approximate surface area is 395 Å². The van der Waals surface area contributed by atoms with Crippen molar-refractivity contribution in [2.24, 2.45) is 5.92 Å². The number of nitrogens with zero attached hydrogens (tertiary/aromatic N) is 3. The fraction of sp³-hybridized carbons (Fsp3) is 0.250. The summed E-state index contributed by atoms with van der Waals surface area (Å²) in [5, 5.41) is 11.7. The fourth-order valence-electron chi connectivity index (χ4n) is 7.78. The predicted molar refractivity (Wildman–Crippen MR) is 252 cm³/mol. The Morgan fingerprint density at radius 1 is 0.721 bits per heavy atom. The number of para-hydroxylation sites is 1. The third-order valence-electron chi connectivity index (χ3n) is 10.8. The van der Waals surface area contributed by atoms with E-state index in [9.17, 15) is 5.11 Å². The van der Waals surface area contributed by atoms with Gasteiger partial charge >= 0.3 is 0 Å². The number of phenolic OH excluding ortho intramolecular Hbond substituents is 1. The number of hydrogen-bond acceptors (Lipinski definition) is 3. The Bertz CT molecular complexity index is 3380. The topological polar surface area (TPSA) is 50.9 Å². The minimum Gasteiger partial charge on any atom is -0.507 e. The smallest absolute Gasteiger partial charge is 0.148 e. The van der Waals surface area contributed by atoms with Gasteiger partial charge in [0.15, 0.2) is 0 Å². The van der Waals surface area contributed by atoms with Crippen LogP contribution in [0, 0.1) is 25.8 Å². The van der Waals surface area contributed by atoms with E-state index in [0.29, 0.717) is 45.2 Å². The molecule has 5 heteroatoms. The quantitative estimate of drug-likeness (QED) is 0.154. The first kappa shape index (κ1) is 29.6. The molecule has 0 fully saturated rings. The molecule has 2 aromatic heterocycles. The zero-order valence-corrected chi connectivity index (χ0v) is 37.6. The molecule has 312 valence electrons. The molecular formula is C56H56N3OPt-. The predicted octanol–water partition coefficient (Wildman–Crippen LogP) is 14.7. The summed E-state index contributed by atoms with van der Waals surface area (Å²) in [4.78, 5) is 10.1. The molecular weight excluding hydrogens is 926 g/mol. The number of aryl methyl sites for hydroxylation is 2. The van der Waals surface area contributed by atoms with Crippen LogP contribution in [0.1, 0.15) is 101 Å². The van der Waals surface area contributed by atoms with Crippen LogP contribution in [-0.4, -0.2) is 19.6 Å². The molecule has 61 heavy (non-hydrogen) atoms. The Balaban J connectivity index is 0.00000800. The second-order valence-electron chi connectivity index (χ2n) is 17.1. The van der Waals surface area contributed by atoms with Gasteiger partial charge in [-0.15, -0.1) is 29.3 Å². The molecule has 0 atom stereocenters. The Morgan fingerprint density at radius 2 is 1.46 bits per heavy atom. The van der Waals surface area contributed by atoms with Gasteiger partial charge in [-0.25, -0.2) is 4.98 Å². The Hall–Kier alpha value is -5.57. The molecule has 0 aliphatic carbocycles. The average Bonchev–Trinajstić information content (AvgIpc) is 3.69. The Morgan fingerprint density at radius 3 is 2.16 bits per heavy atom. The summed E-state index contributed by atoms with van der Waals surface area (Å²) < 4.78 is 112. The summed E-state index contributed by atoms with van der Waals surface area (Å²) >= 11 is 0. The van der Waals surface area contributed by atoms with Crippen LogP contribution in [0.5, 0.6) is 5.75 Å². The second kappa shape index (κ2) is 17.1. The molecule has 8 rings (SSSR count). The molecule has 6 aromatic carbocycles. The van der Waals surface area contributed by atoms with E-state index in [4.69, 9.17) is 22.8 Å². The molecule has 0 radical (unpaired) electrons. The SMILES string of the molecule is [2H]c1c([2H])c(C(C([2H])([2H])[2H])(C([2H])([2H])[2H])C([2H])([2H])[2H])c([2H])c([2H])c1-c1ccnc(-c2[c-]c(-c3cccc4c3nc(-c3cc(C)cc(C)c3O)n4-c3ccc(-c4ccccc4)c(CC(C)C)c3)cc(C(C)(C)C)c2)c1.[Pt]. The number of pyridine rings is 1. The third-order valence-corrected chi connectivity index (χ3v) is 10.8. The van der Waals surface area contributed by atoms with Crippen molar-refractivity contribution in [2.45, 2.75) is 86.3 Å². The fourth-order valence-corrected chi connectivity index (χ4v) is 7.78. The van der Waals surface area contributed by atoms with Gasteiger partial charge in [0.05, 0.1) is 22.1 Å². The monoisotopic (exact) mass is 994 g/mol. The molecule has 0 saturated carbocycles.